The van der Waals surface area contributed by atoms with Gasteiger partial charge < -0.3 is 5.32 Å². The van der Waals surface area contributed by atoms with Crippen LogP contribution >= 0.6 is 11.3 Å². The molecule has 1 heterocycles. The highest BCUT2D eigenvalue weighted by Gasteiger charge is 2.17. The first-order valence-corrected chi connectivity index (χ1v) is 8.53. The fourth-order valence-electron chi connectivity index (χ4n) is 2.77. The molecule has 0 bridgehead atoms. The van der Waals surface area contributed by atoms with Crippen LogP contribution in [0.4, 0.5) is 0 Å². The van der Waals surface area contributed by atoms with Gasteiger partial charge >= 0.3 is 0 Å². The molecule has 0 saturated heterocycles. The van der Waals surface area contributed by atoms with E-state index in [1.54, 1.807) is 0 Å². The van der Waals surface area contributed by atoms with Gasteiger partial charge in [0.1, 0.15) is 10.7 Å². The number of benzene rings is 1. The second kappa shape index (κ2) is 6.85. The first kappa shape index (κ1) is 14.3. The molecule has 110 valence electrons. The van der Waals surface area contributed by atoms with Crippen LogP contribution in [0.25, 0.3) is 10.6 Å². The Bertz CT molecular complexity index is 586. The Hall–Kier alpha value is -1.68. The van der Waals surface area contributed by atoms with Crippen molar-refractivity contribution >= 4 is 17.2 Å². The average Bonchev–Trinajstić information content (AvgIpc) is 2.88. The minimum absolute atomic E-state index is 0.0275. The highest BCUT2D eigenvalue weighted by atomic mass is 32.1. The molecular formula is C17H20N2OS. The lowest BCUT2D eigenvalue weighted by molar-refractivity contribution is 0.0929. The molecule has 1 fully saturated rings. The van der Waals surface area contributed by atoms with Crippen LogP contribution in [0.15, 0.2) is 35.7 Å². The van der Waals surface area contributed by atoms with E-state index in [2.05, 4.69) is 10.3 Å². The van der Waals surface area contributed by atoms with Crippen LogP contribution in [0.1, 0.15) is 49.0 Å². The van der Waals surface area contributed by atoms with Gasteiger partial charge in [-0.05, 0) is 12.8 Å². The normalized spacial score (nSPS) is 16.4. The van der Waals surface area contributed by atoms with Crippen LogP contribution in [0.5, 0.6) is 0 Å². The number of rotatable bonds is 3. The van der Waals surface area contributed by atoms with Crippen molar-refractivity contribution in [3.8, 4) is 10.6 Å². The van der Waals surface area contributed by atoms with E-state index in [0.717, 1.165) is 23.4 Å². The fourth-order valence-corrected chi connectivity index (χ4v) is 3.58. The van der Waals surface area contributed by atoms with Crippen LogP contribution in [0, 0.1) is 0 Å². The predicted molar refractivity (Wildman–Crippen MR) is 86.5 cm³/mol. The third-order valence-corrected chi connectivity index (χ3v) is 4.84. The minimum Gasteiger partial charge on any atom is -0.348 e. The van der Waals surface area contributed by atoms with Gasteiger partial charge in [0.25, 0.3) is 5.91 Å². The minimum atomic E-state index is -0.0275. The Labute approximate surface area is 129 Å². The average molecular weight is 300 g/mol. The van der Waals surface area contributed by atoms with Gasteiger partial charge in [0.2, 0.25) is 0 Å². The zero-order valence-electron chi connectivity index (χ0n) is 12.0. The summed E-state index contributed by atoms with van der Waals surface area (Å²) in [7, 11) is 0. The summed E-state index contributed by atoms with van der Waals surface area (Å²) < 4.78 is 0. The van der Waals surface area contributed by atoms with Gasteiger partial charge in [0.15, 0.2) is 0 Å². The van der Waals surface area contributed by atoms with Crippen molar-refractivity contribution in [2.75, 3.05) is 0 Å². The van der Waals surface area contributed by atoms with E-state index in [-0.39, 0.29) is 5.91 Å². The van der Waals surface area contributed by atoms with Crippen molar-refractivity contribution in [1.82, 2.24) is 10.3 Å². The third-order valence-electron chi connectivity index (χ3n) is 3.95. The molecule has 1 amide bonds. The quantitative estimate of drug-likeness (QED) is 0.860. The molecule has 1 N–H and O–H groups in total. The number of thiazole rings is 1. The van der Waals surface area contributed by atoms with E-state index >= 15 is 0 Å². The number of nitrogens with one attached hydrogen (secondary N) is 1. The second-order valence-corrected chi connectivity index (χ2v) is 6.42. The summed E-state index contributed by atoms with van der Waals surface area (Å²) in [5.41, 5.74) is 1.61. The van der Waals surface area contributed by atoms with Crippen molar-refractivity contribution in [2.45, 2.75) is 44.6 Å². The van der Waals surface area contributed by atoms with Gasteiger partial charge in [-0.3, -0.25) is 4.79 Å². The predicted octanol–water partition coefficient (Wildman–Crippen LogP) is 4.26. The maximum Gasteiger partial charge on any atom is 0.270 e. The molecule has 4 heteroatoms. The molecule has 1 saturated carbocycles. The second-order valence-electron chi connectivity index (χ2n) is 5.57. The summed E-state index contributed by atoms with van der Waals surface area (Å²) in [5, 5.41) is 5.90. The third kappa shape index (κ3) is 3.70. The topological polar surface area (TPSA) is 42.0 Å². The van der Waals surface area contributed by atoms with Crippen molar-refractivity contribution in [3.05, 3.63) is 41.4 Å². The van der Waals surface area contributed by atoms with Gasteiger partial charge in [0, 0.05) is 17.0 Å². The van der Waals surface area contributed by atoms with Gasteiger partial charge in [0.05, 0.1) is 0 Å². The largest absolute Gasteiger partial charge is 0.348 e. The molecule has 21 heavy (non-hydrogen) atoms. The molecule has 1 aliphatic rings. The summed E-state index contributed by atoms with van der Waals surface area (Å²) in [6.45, 7) is 0. The van der Waals surface area contributed by atoms with Gasteiger partial charge in [-0.2, -0.15) is 0 Å². The van der Waals surface area contributed by atoms with Gasteiger partial charge in [-0.15, -0.1) is 11.3 Å². The Morgan fingerprint density at radius 2 is 1.81 bits per heavy atom. The molecule has 3 nitrogen and oxygen atoms in total. The molecule has 1 aliphatic carbocycles. The Morgan fingerprint density at radius 1 is 1.10 bits per heavy atom. The number of amides is 1. The Kier molecular flexibility index (Phi) is 4.65. The number of hydrogen-bond acceptors (Lipinski definition) is 3. The van der Waals surface area contributed by atoms with E-state index in [9.17, 15) is 4.79 Å². The van der Waals surface area contributed by atoms with Gasteiger partial charge in [-0.25, -0.2) is 4.98 Å². The van der Waals surface area contributed by atoms with E-state index in [4.69, 9.17) is 0 Å². The zero-order valence-corrected chi connectivity index (χ0v) is 12.9. The lowest BCUT2D eigenvalue weighted by Crippen LogP contribution is -2.34. The van der Waals surface area contributed by atoms with E-state index < -0.39 is 0 Å². The summed E-state index contributed by atoms with van der Waals surface area (Å²) in [4.78, 5) is 16.8. The summed E-state index contributed by atoms with van der Waals surface area (Å²) >= 11 is 1.53. The first-order chi connectivity index (χ1) is 10.3. The molecule has 0 unspecified atom stereocenters. The van der Waals surface area contributed by atoms with Crippen LogP contribution in [0.3, 0.4) is 0 Å². The number of hydrogen-bond donors (Lipinski definition) is 1. The zero-order chi connectivity index (χ0) is 14.5. The molecule has 3 rings (SSSR count). The van der Waals surface area contributed by atoms with Crippen molar-refractivity contribution in [1.29, 1.82) is 0 Å². The van der Waals surface area contributed by atoms with Crippen LogP contribution in [-0.2, 0) is 0 Å². The molecule has 2 aromatic rings. The lowest BCUT2D eigenvalue weighted by Gasteiger charge is -2.15. The number of nitrogens with zero attached hydrogens (tertiary/aromatic N) is 1. The molecule has 0 radical (unpaired) electrons. The standard InChI is InChI=1S/C17H20N2OS/c20-16(18-14-10-6-1-2-7-11-14)15-12-21-17(19-15)13-8-4-3-5-9-13/h3-5,8-9,12,14H,1-2,6-7,10-11H2,(H,18,20). The van der Waals surface area contributed by atoms with Crippen LogP contribution < -0.4 is 5.32 Å². The number of carbonyl (C=O) groups excluding carboxylic acids is 1. The highest BCUT2D eigenvalue weighted by Crippen LogP contribution is 2.23. The first-order valence-electron chi connectivity index (χ1n) is 7.65. The monoisotopic (exact) mass is 300 g/mol. The molecule has 0 atom stereocenters. The smallest absolute Gasteiger partial charge is 0.270 e. The SMILES string of the molecule is O=C(NC1CCCCCC1)c1csc(-c2ccccc2)n1. The number of aromatic nitrogens is 1. The van der Waals surface area contributed by atoms with Crippen molar-refractivity contribution < 1.29 is 4.79 Å². The Balaban J connectivity index is 1.66. The summed E-state index contributed by atoms with van der Waals surface area (Å²) in [6, 6.07) is 10.3. The maximum absolute atomic E-state index is 12.3. The molecule has 1 aromatic heterocycles. The van der Waals surface area contributed by atoms with Crippen molar-refractivity contribution in [2.24, 2.45) is 0 Å². The maximum atomic E-state index is 12.3. The summed E-state index contributed by atoms with van der Waals surface area (Å²) in [5.74, 6) is -0.0275. The Morgan fingerprint density at radius 3 is 2.52 bits per heavy atom. The van der Waals surface area contributed by atoms with Crippen LogP contribution in [-0.4, -0.2) is 16.9 Å². The van der Waals surface area contributed by atoms with Crippen molar-refractivity contribution in [3.63, 3.8) is 0 Å². The van der Waals surface area contributed by atoms with Gasteiger partial charge in [-0.1, -0.05) is 56.0 Å². The molecule has 1 aromatic carbocycles. The van der Waals surface area contributed by atoms with Crippen LogP contribution in [0.2, 0.25) is 0 Å². The lowest BCUT2D eigenvalue weighted by atomic mass is 10.1. The fraction of sp³-hybridized carbons (Fsp3) is 0.412. The molecular weight excluding hydrogens is 280 g/mol. The number of carbonyl (C=O) groups is 1. The molecule has 0 aliphatic heterocycles. The summed E-state index contributed by atoms with van der Waals surface area (Å²) in [6.07, 6.45) is 7.22. The van der Waals surface area contributed by atoms with E-state index in [1.165, 1.54) is 37.0 Å². The van der Waals surface area contributed by atoms with E-state index in [1.807, 2.05) is 35.7 Å². The molecule has 0 spiro atoms. The van der Waals surface area contributed by atoms with E-state index in [0.29, 0.717) is 11.7 Å². The highest BCUT2D eigenvalue weighted by molar-refractivity contribution is 7.13.